The number of carbonyl (C=O) groups is 2. The van der Waals surface area contributed by atoms with Gasteiger partial charge in [0.05, 0.1) is 0 Å². The van der Waals surface area contributed by atoms with Crippen molar-refractivity contribution in [2.75, 3.05) is 18.0 Å². The van der Waals surface area contributed by atoms with Crippen LogP contribution in [0.4, 0.5) is 10.5 Å². The predicted octanol–water partition coefficient (Wildman–Crippen LogP) is 2.91. The summed E-state index contributed by atoms with van der Waals surface area (Å²) in [6.07, 6.45) is 1.58. The van der Waals surface area contributed by atoms with Crippen LogP contribution in [-0.2, 0) is 24.3 Å². The summed E-state index contributed by atoms with van der Waals surface area (Å²) in [5, 5.41) is 14.0. The quantitative estimate of drug-likeness (QED) is 0.627. The standard InChI is InChI=1S/C21H25N3O3/c25-20(26)6-3-12-22-21(27)23-14-16-7-9-17(10-8-16)15-24-13-11-18-4-1-2-5-19(18)24/h1-2,4-5,7-10H,3,6,11-15H2,(H,25,26)(H2,22,23,27). The van der Waals surface area contributed by atoms with E-state index in [-0.39, 0.29) is 12.5 Å². The highest BCUT2D eigenvalue weighted by Gasteiger charge is 2.18. The molecule has 3 rings (SSSR count). The Morgan fingerprint density at radius 3 is 2.52 bits per heavy atom. The molecule has 0 fully saturated rings. The number of nitrogens with one attached hydrogen (secondary N) is 2. The summed E-state index contributed by atoms with van der Waals surface area (Å²) in [5.41, 5.74) is 5.00. The second kappa shape index (κ2) is 9.07. The number of carboxylic acid groups (broad SMARTS) is 1. The molecule has 0 spiro atoms. The third-order valence-corrected chi connectivity index (χ3v) is 4.69. The largest absolute Gasteiger partial charge is 0.481 e. The monoisotopic (exact) mass is 367 g/mol. The number of rotatable bonds is 8. The number of nitrogens with zero attached hydrogens (tertiary/aromatic N) is 1. The molecule has 0 unspecified atom stereocenters. The molecule has 1 heterocycles. The van der Waals surface area contributed by atoms with Crippen LogP contribution in [0.2, 0.25) is 0 Å². The maximum absolute atomic E-state index is 11.7. The van der Waals surface area contributed by atoms with Gasteiger partial charge in [-0.05, 0) is 35.6 Å². The van der Waals surface area contributed by atoms with E-state index in [0.29, 0.717) is 19.5 Å². The van der Waals surface area contributed by atoms with Crippen molar-refractivity contribution in [2.24, 2.45) is 0 Å². The lowest BCUT2D eigenvalue weighted by molar-refractivity contribution is -0.137. The summed E-state index contributed by atoms with van der Waals surface area (Å²) in [7, 11) is 0. The van der Waals surface area contributed by atoms with Gasteiger partial charge in [-0.1, -0.05) is 42.5 Å². The van der Waals surface area contributed by atoms with Crippen LogP contribution in [0.5, 0.6) is 0 Å². The lowest BCUT2D eigenvalue weighted by Gasteiger charge is -2.19. The van der Waals surface area contributed by atoms with E-state index in [1.807, 2.05) is 12.1 Å². The topological polar surface area (TPSA) is 81.7 Å². The van der Waals surface area contributed by atoms with Crippen molar-refractivity contribution >= 4 is 17.7 Å². The Labute approximate surface area is 159 Å². The van der Waals surface area contributed by atoms with E-state index in [1.165, 1.54) is 16.8 Å². The minimum Gasteiger partial charge on any atom is -0.481 e. The zero-order valence-corrected chi connectivity index (χ0v) is 15.3. The fourth-order valence-electron chi connectivity index (χ4n) is 3.24. The van der Waals surface area contributed by atoms with E-state index < -0.39 is 5.97 Å². The second-order valence-electron chi connectivity index (χ2n) is 6.72. The number of aliphatic carboxylic acids is 1. The molecule has 0 atom stereocenters. The van der Waals surface area contributed by atoms with Gasteiger partial charge in [-0.2, -0.15) is 0 Å². The van der Waals surface area contributed by atoms with Crippen LogP contribution in [0, 0.1) is 0 Å². The number of para-hydroxylation sites is 1. The highest BCUT2D eigenvalue weighted by atomic mass is 16.4. The molecule has 0 aliphatic carbocycles. The molecule has 3 N–H and O–H groups in total. The van der Waals surface area contributed by atoms with Crippen molar-refractivity contribution in [2.45, 2.75) is 32.4 Å². The van der Waals surface area contributed by atoms with Gasteiger partial charge in [0, 0.05) is 38.3 Å². The molecule has 0 saturated heterocycles. The number of carbonyl (C=O) groups excluding carboxylic acids is 1. The average Bonchev–Trinajstić information content (AvgIpc) is 3.07. The molecule has 1 aliphatic heterocycles. The second-order valence-corrected chi connectivity index (χ2v) is 6.72. The Kier molecular flexibility index (Phi) is 6.30. The maximum Gasteiger partial charge on any atom is 0.315 e. The predicted molar refractivity (Wildman–Crippen MR) is 105 cm³/mol. The molecule has 6 heteroatoms. The Bertz CT molecular complexity index is 790. The number of benzene rings is 2. The van der Waals surface area contributed by atoms with Crippen LogP contribution in [-0.4, -0.2) is 30.2 Å². The molecule has 2 aromatic rings. The number of hydrogen-bond acceptors (Lipinski definition) is 3. The lowest BCUT2D eigenvalue weighted by atomic mass is 10.1. The molecule has 0 radical (unpaired) electrons. The lowest BCUT2D eigenvalue weighted by Crippen LogP contribution is -2.35. The molecular weight excluding hydrogens is 342 g/mol. The van der Waals surface area contributed by atoms with Gasteiger partial charge in [0.1, 0.15) is 0 Å². The zero-order chi connectivity index (χ0) is 19.1. The van der Waals surface area contributed by atoms with Crippen molar-refractivity contribution in [3.8, 4) is 0 Å². The summed E-state index contributed by atoms with van der Waals surface area (Å²) in [4.78, 5) is 24.5. The molecule has 2 aromatic carbocycles. The number of fused-ring (bicyclic) bond motifs is 1. The molecule has 142 valence electrons. The first-order valence-corrected chi connectivity index (χ1v) is 9.26. The van der Waals surface area contributed by atoms with Crippen LogP contribution in [0.3, 0.4) is 0 Å². The normalized spacial score (nSPS) is 12.5. The molecule has 0 bridgehead atoms. The van der Waals surface area contributed by atoms with Gasteiger partial charge >= 0.3 is 12.0 Å². The molecule has 27 heavy (non-hydrogen) atoms. The van der Waals surface area contributed by atoms with E-state index in [0.717, 1.165) is 25.1 Å². The first-order valence-electron chi connectivity index (χ1n) is 9.26. The van der Waals surface area contributed by atoms with Crippen molar-refractivity contribution in [3.05, 3.63) is 65.2 Å². The van der Waals surface area contributed by atoms with Gasteiger partial charge < -0.3 is 20.6 Å². The Balaban J connectivity index is 1.43. The van der Waals surface area contributed by atoms with Gasteiger partial charge in [-0.15, -0.1) is 0 Å². The summed E-state index contributed by atoms with van der Waals surface area (Å²) >= 11 is 0. The first-order chi connectivity index (χ1) is 13.1. The Hall–Kier alpha value is -3.02. The summed E-state index contributed by atoms with van der Waals surface area (Å²) < 4.78 is 0. The third-order valence-electron chi connectivity index (χ3n) is 4.69. The summed E-state index contributed by atoms with van der Waals surface area (Å²) in [6.45, 7) is 2.73. The van der Waals surface area contributed by atoms with Crippen molar-refractivity contribution in [1.29, 1.82) is 0 Å². The van der Waals surface area contributed by atoms with E-state index in [9.17, 15) is 9.59 Å². The highest BCUT2D eigenvalue weighted by molar-refractivity contribution is 5.74. The number of urea groups is 1. The molecular formula is C21H25N3O3. The smallest absolute Gasteiger partial charge is 0.315 e. The van der Waals surface area contributed by atoms with Gasteiger partial charge in [-0.3, -0.25) is 4.79 Å². The molecule has 6 nitrogen and oxygen atoms in total. The van der Waals surface area contributed by atoms with Gasteiger partial charge in [-0.25, -0.2) is 4.79 Å². The van der Waals surface area contributed by atoms with Gasteiger partial charge in [0.25, 0.3) is 0 Å². The Morgan fingerprint density at radius 2 is 1.74 bits per heavy atom. The van der Waals surface area contributed by atoms with E-state index >= 15 is 0 Å². The summed E-state index contributed by atoms with van der Waals surface area (Å²) in [6, 6.07) is 16.5. The van der Waals surface area contributed by atoms with E-state index in [2.05, 4.69) is 51.9 Å². The van der Waals surface area contributed by atoms with Crippen molar-refractivity contribution in [3.63, 3.8) is 0 Å². The Morgan fingerprint density at radius 1 is 1.00 bits per heavy atom. The zero-order valence-electron chi connectivity index (χ0n) is 15.3. The third kappa shape index (κ3) is 5.48. The van der Waals surface area contributed by atoms with Gasteiger partial charge in [0.2, 0.25) is 0 Å². The fraction of sp³-hybridized carbons (Fsp3) is 0.333. The van der Waals surface area contributed by atoms with Crippen molar-refractivity contribution < 1.29 is 14.7 Å². The molecule has 1 aliphatic rings. The SMILES string of the molecule is O=C(O)CCCNC(=O)NCc1ccc(CN2CCc3ccccc32)cc1. The van der Waals surface area contributed by atoms with Crippen LogP contribution in [0.15, 0.2) is 48.5 Å². The molecule has 0 saturated carbocycles. The van der Waals surface area contributed by atoms with Gasteiger partial charge in [0.15, 0.2) is 0 Å². The van der Waals surface area contributed by atoms with E-state index in [1.54, 1.807) is 0 Å². The number of hydrogen-bond donors (Lipinski definition) is 3. The molecule has 2 amide bonds. The fourth-order valence-corrected chi connectivity index (χ4v) is 3.24. The van der Waals surface area contributed by atoms with Crippen molar-refractivity contribution in [1.82, 2.24) is 10.6 Å². The number of carboxylic acids is 1. The van der Waals surface area contributed by atoms with Crippen LogP contribution in [0.25, 0.3) is 0 Å². The minimum atomic E-state index is -0.852. The summed E-state index contributed by atoms with van der Waals surface area (Å²) in [5.74, 6) is -0.852. The van der Waals surface area contributed by atoms with E-state index in [4.69, 9.17) is 5.11 Å². The maximum atomic E-state index is 11.7. The minimum absolute atomic E-state index is 0.0588. The van der Waals surface area contributed by atoms with Crippen LogP contribution < -0.4 is 15.5 Å². The van der Waals surface area contributed by atoms with Crippen LogP contribution in [0.1, 0.15) is 29.5 Å². The molecule has 0 aromatic heterocycles. The average molecular weight is 367 g/mol. The number of anilines is 1. The first kappa shape index (κ1) is 18.8. The highest BCUT2D eigenvalue weighted by Crippen LogP contribution is 2.28. The van der Waals surface area contributed by atoms with Crippen LogP contribution >= 0.6 is 0 Å². The number of amides is 2.